The fraction of sp³-hybridized carbons (Fsp3) is 0.700. The topological polar surface area (TPSA) is 78.1 Å². The van der Waals surface area contributed by atoms with E-state index in [-0.39, 0.29) is 17.4 Å². The second kappa shape index (κ2) is 6.51. The molecule has 1 aliphatic rings. The van der Waals surface area contributed by atoms with Gasteiger partial charge in [0.1, 0.15) is 0 Å². The number of rotatable bonds is 4. The molecule has 0 spiro atoms. The number of halogens is 1. The lowest BCUT2D eigenvalue weighted by Gasteiger charge is -2.31. The molecule has 1 aliphatic heterocycles. The van der Waals surface area contributed by atoms with E-state index >= 15 is 0 Å². The van der Waals surface area contributed by atoms with E-state index < -0.39 is 10.0 Å². The standard InChI is InChI=1S/C10H18N4O2S.ClH/c1-11-5-9-3-2-4-14(7-9)17(15,16)10-6-12-8-13-10;/h6,8-9,11H,2-5,7H2,1H3,(H,12,13);1H. The smallest absolute Gasteiger partial charge is 0.260 e. The fourth-order valence-electron chi connectivity index (χ4n) is 2.22. The number of hydrogen-bond acceptors (Lipinski definition) is 4. The summed E-state index contributed by atoms with van der Waals surface area (Å²) < 4.78 is 26.0. The van der Waals surface area contributed by atoms with Gasteiger partial charge in [-0.3, -0.25) is 0 Å². The van der Waals surface area contributed by atoms with Gasteiger partial charge in [-0.15, -0.1) is 12.4 Å². The van der Waals surface area contributed by atoms with Gasteiger partial charge in [0.15, 0.2) is 5.03 Å². The van der Waals surface area contributed by atoms with E-state index in [1.165, 1.54) is 12.5 Å². The maximum atomic E-state index is 12.2. The van der Waals surface area contributed by atoms with Crippen LogP contribution in [0.2, 0.25) is 0 Å². The molecule has 0 aromatic carbocycles. The van der Waals surface area contributed by atoms with E-state index in [0.717, 1.165) is 19.4 Å². The lowest BCUT2D eigenvalue weighted by Crippen LogP contribution is -2.42. The normalized spacial score (nSPS) is 21.5. The fourth-order valence-corrected chi connectivity index (χ4v) is 3.67. The average molecular weight is 295 g/mol. The van der Waals surface area contributed by atoms with Gasteiger partial charge in [0.25, 0.3) is 10.0 Å². The van der Waals surface area contributed by atoms with Crippen LogP contribution < -0.4 is 5.32 Å². The number of nitrogens with one attached hydrogen (secondary N) is 2. The Labute approximate surface area is 114 Å². The zero-order valence-corrected chi connectivity index (χ0v) is 11.9. The van der Waals surface area contributed by atoms with Crippen molar-refractivity contribution in [2.45, 2.75) is 17.9 Å². The summed E-state index contributed by atoms with van der Waals surface area (Å²) in [6.07, 6.45) is 4.74. The lowest BCUT2D eigenvalue weighted by atomic mass is 10.00. The molecule has 104 valence electrons. The minimum absolute atomic E-state index is 0. The first kappa shape index (κ1) is 15.4. The largest absolute Gasteiger partial charge is 0.335 e. The summed E-state index contributed by atoms with van der Waals surface area (Å²) >= 11 is 0. The summed E-state index contributed by atoms with van der Waals surface area (Å²) in [6, 6.07) is 0. The van der Waals surface area contributed by atoms with E-state index in [1.807, 2.05) is 7.05 Å². The molecule has 2 N–H and O–H groups in total. The molecule has 2 heterocycles. The Hall–Kier alpha value is -0.630. The number of piperidine rings is 1. The summed E-state index contributed by atoms with van der Waals surface area (Å²) in [6.45, 7) is 2.04. The van der Waals surface area contributed by atoms with E-state index in [2.05, 4.69) is 15.3 Å². The Morgan fingerprint density at radius 3 is 3.00 bits per heavy atom. The van der Waals surface area contributed by atoms with E-state index in [1.54, 1.807) is 4.31 Å². The van der Waals surface area contributed by atoms with Crippen LogP contribution in [0.15, 0.2) is 17.6 Å². The number of nitrogens with zero attached hydrogens (tertiary/aromatic N) is 2. The van der Waals surface area contributed by atoms with Gasteiger partial charge in [0, 0.05) is 13.1 Å². The predicted octanol–water partition coefficient (Wildman–Crippen LogP) is 0.452. The maximum Gasteiger partial charge on any atom is 0.260 e. The van der Waals surface area contributed by atoms with E-state index in [9.17, 15) is 8.42 Å². The zero-order chi connectivity index (χ0) is 12.3. The van der Waals surface area contributed by atoms with Gasteiger partial charge in [-0.2, -0.15) is 4.31 Å². The maximum absolute atomic E-state index is 12.2. The van der Waals surface area contributed by atoms with Gasteiger partial charge >= 0.3 is 0 Å². The second-order valence-electron chi connectivity index (χ2n) is 4.34. The Kier molecular flexibility index (Phi) is 5.58. The summed E-state index contributed by atoms with van der Waals surface area (Å²) in [5.74, 6) is 0.395. The number of aromatic amines is 1. The Bertz CT molecular complexity index is 446. The third-order valence-corrected chi connectivity index (χ3v) is 4.86. The van der Waals surface area contributed by atoms with Crippen molar-refractivity contribution in [2.75, 3.05) is 26.7 Å². The molecule has 0 aliphatic carbocycles. The highest BCUT2D eigenvalue weighted by Crippen LogP contribution is 2.21. The zero-order valence-electron chi connectivity index (χ0n) is 10.3. The van der Waals surface area contributed by atoms with Crippen LogP contribution in [0, 0.1) is 5.92 Å². The predicted molar refractivity (Wildman–Crippen MR) is 71.2 cm³/mol. The third kappa shape index (κ3) is 3.23. The first-order chi connectivity index (χ1) is 8.14. The van der Waals surface area contributed by atoms with Gasteiger partial charge in [-0.05, 0) is 32.4 Å². The highest BCUT2D eigenvalue weighted by Gasteiger charge is 2.30. The monoisotopic (exact) mass is 294 g/mol. The van der Waals surface area contributed by atoms with Crippen LogP contribution in [0.4, 0.5) is 0 Å². The van der Waals surface area contributed by atoms with Crippen molar-refractivity contribution in [3.05, 3.63) is 12.5 Å². The van der Waals surface area contributed by atoms with E-state index in [0.29, 0.717) is 19.0 Å². The molecule has 1 fully saturated rings. The summed E-state index contributed by atoms with van der Waals surface area (Å²) in [4.78, 5) is 6.43. The van der Waals surface area contributed by atoms with Crippen LogP contribution in [0.1, 0.15) is 12.8 Å². The Morgan fingerprint density at radius 1 is 1.61 bits per heavy atom. The van der Waals surface area contributed by atoms with Crippen LogP contribution in [-0.2, 0) is 10.0 Å². The quantitative estimate of drug-likeness (QED) is 0.845. The molecule has 1 aromatic rings. The Balaban J connectivity index is 0.00000162. The van der Waals surface area contributed by atoms with Crippen molar-refractivity contribution in [3.8, 4) is 0 Å². The average Bonchev–Trinajstić information content (AvgIpc) is 2.84. The molecular formula is C10H19ClN4O2S. The molecule has 18 heavy (non-hydrogen) atoms. The first-order valence-corrected chi connectivity index (χ1v) is 7.21. The summed E-state index contributed by atoms with van der Waals surface area (Å²) in [5, 5.41) is 3.29. The summed E-state index contributed by atoms with van der Waals surface area (Å²) in [5.41, 5.74) is 0. The third-order valence-electron chi connectivity index (χ3n) is 3.07. The van der Waals surface area contributed by atoms with E-state index in [4.69, 9.17) is 0 Å². The molecule has 2 rings (SSSR count). The van der Waals surface area contributed by atoms with Crippen molar-refractivity contribution < 1.29 is 8.42 Å². The van der Waals surface area contributed by atoms with Gasteiger partial charge in [0.05, 0.1) is 12.5 Å². The highest BCUT2D eigenvalue weighted by molar-refractivity contribution is 7.89. The van der Waals surface area contributed by atoms with Crippen molar-refractivity contribution >= 4 is 22.4 Å². The SMILES string of the molecule is CNCC1CCCN(S(=O)(=O)c2cnc[nH]2)C1.Cl. The number of imidazole rings is 1. The molecule has 1 unspecified atom stereocenters. The van der Waals surface area contributed by atoms with Gasteiger partial charge in [-0.1, -0.05) is 0 Å². The highest BCUT2D eigenvalue weighted by atomic mass is 35.5. The van der Waals surface area contributed by atoms with Crippen LogP contribution in [0.5, 0.6) is 0 Å². The van der Waals surface area contributed by atoms with Crippen LogP contribution in [0.3, 0.4) is 0 Å². The summed E-state index contributed by atoms with van der Waals surface area (Å²) in [7, 11) is -1.49. The van der Waals surface area contributed by atoms with Gasteiger partial charge < -0.3 is 10.3 Å². The first-order valence-electron chi connectivity index (χ1n) is 5.77. The molecule has 0 radical (unpaired) electrons. The molecule has 1 saturated heterocycles. The molecule has 6 nitrogen and oxygen atoms in total. The molecule has 1 aromatic heterocycles. The minimum Gasteiger partial charge on any atom is -0.335 e. The molecule has 0 saturated carbocycles. The van der Waals surface area contributed by atoms with Crippen LogP contribution in [-0.4, -0.2) is 49.4 Å². The number of H-pyrrole nitrogens is 1. The molecule has 0 amide bonds. The molecule has 0 bridgehead atoms. The van der Waals surface area contributed by atoms with Gasteiger partial charge in [0.2, 0.25) is 0 Å². The van der Waals surface area contributed by atoms with Crippen molar-refractivity contribution in [2.24, 2.45) is 5.92 Å². The Morgan fingerprint density at radius 2 is 2.39 bits per heavy atom. The molecule has 1 atom stereocenters. The van der Waals surface area contributed by atoms with Crippen molar-refractivity contribution in [1.29, 1.82) is 0 Å². The second-order valence-corrected chi connectivity index (χ2v) is 6.25. The molecular weight excluding hydrogens is 276 g/mol. The number of aromatic nitrogens is 2. The number of hydrogen-bond donors (Lipinski definition) is 2. The van der Waals surface area contributed by atoms with Gasteiger partial charge in [-0.25, -0.2) is 13.4 Å². The van der Waals surface area contributed by atoms with Crippen molar-refractivity contribution in [3.63, 3.8) is 0 Å². The lowest BCUT2D eigenvalue weighted by molar-refractivity contribution is 0.263. The molecule has 8 heteroatoms. The van der Waals surface area contributed by atoms with Crippen LogP contribution >= 0.6 is 12.4 Å². The number of sulfonamides is 1. The minimum atomic E-state index is -3.38. The van der Waals surface area contributed by atoms with Crippen molar-refractivity contribution in [1.82, 2.24) is 19.6 Å². The van der Waals surface area contributed by atoms with Crippen LogP contribution in [0.25, 0.3) is 0 Å².